The van der Waals surface area contributed by atoms with Crippen molar-refractivity contribution in [3.05, 3.63) is 21.4 Å². The molecule has 0 fully saturated rings. The van der Waals surface area contributed by atoms with Crippen LogP contribution in [0.25, 0.3) is 0 Å². The maximum atomic E-state index is 6.01. The summed E-state index contributed by atoms with van der Waals surface area (Å²) in [5, 5.41) is 0. The Hall–Kier alpha value is -0.0300. The molecule has 1 heterocycles. The SMILES string of the molecule is CSCCC(C)N(C)C(CN)c1cc(C)sc1C. The maximum absolute atomic E-state index is 6.01. The van der Waals surface area contributed by atoms with E-state index in [0.29, 0.717) is 18.6 Å². The van der Waals surface area contributed by atoms with Crippen LogP contribution in [0.5, 0.6) is 0 Å². The highest BCUT2D eigenvalue weighted by Crippen LogP contribution is 2.30. The highest BCUT2D eigenvalue weighted by molar-refractivity contribution is 7.98. The molecule has 0 aliphatic heterocycles. The zero-order valence-electron chi connectivity index (χ0n) is 12.2. The van der Waals surface area contributed by atoms with Gasteiger partial charge < -0.3 is 5.73 Å². The van der Waals surface area contributed by atoms with Gasteiger partial charge in [-0.15, -0.1) is 11.3 Å². The van der Waals surface area contributed by atoms with Gasteiger partial charge in [0.05, 0.1) is 0 Å². The molecule has 1 rings (SSSR count). The fourth-order valence-corrected chi connectivity index (χ4v) is 3.85. The highest BCUT2D eigenvalue weighted by Gasteiger charge is 2.22. The first kappa shape index (κ1) is 16.0. The van der Waals surface area contributed by atoms with E-state index in [-0.39, 0.29) is 0 Å². The van der Waals surface area contributed by atoms with Crippen LogP contribution < -0.4 is 5.73 Å². The number of hydrogen-bond acceptors (Lipinski definition) is 4. The standard InChI is InChI=1S/C14H26N2S2/c1-10(6-7-17-5)16(4)14(9-15)13-8-11(2)18-12(13)3/h8,10,14H,6-7,9,15H2,1-5H3. The Balaban J connectivity index is 2.79. The minimum atomic E-state index is 0.354. The summed E-state index contributed by atoms with van der Waals surface area (Å²) in [6.45, 7) is 7.37. The van der Waals surface area contributed by atoms with E-state index in [0.717, 1.165) is 0 Å². The molecule has 1 aromatic rings. The zero-order chi connectivity index (χ0) is 13.7. The zero-order valence-corrected chi connectivity index (χ0v) is 13.8. The van der Waals surface area contributed by atoms with Crippen molar-refractivity contribution in [1.82, 2.24) is 4.90 Å². The average Bonchev–Trinajstić information content (AvgIpc) is 2.66. The molecule has 104 valence electrons. The number of nitrogens with zero attached hydrogens (tertiary/aromatic N) is 1. The molecule has 1 aromatic heterocycles. The Morgan fingerprint density at radius 3 is 2.56 bits per heavy atom. The summed E-state index contributed by atoms with van der Waals surface area (Å²) < 4.78 is 0. The largest absolute Gasteiger partial charge is 0.329 e. The van der Waals surface area contributed by atoms with Gasteiger partial charge in [-0.3, -0.25) is 4.90 Å². The van der Waals surface area contributed by atoms with Crippen molar-refractivity contribution in [3.8, 4) is 0 Å². The molecule has 0 aliphatic carbocycles. The number of rotatable bonds is 7. The van der Waals surface area contributed by atoms with Gasteiger partial charge in [-0.1, -0.05) is 0 Å². The van der Waals surface area contributed by atoms with E-state index in [1.165, 1.54) is 27.5 Å². The summed E-state index contributed by atoms with van der Waals surface area (Å²) in [4.78, 5) is 5.23. The second-order valence-electron chi connectivity index (χ2n) is 4.92. The predicted molar refractivity (Wildman–Crippen MR) is 85.8 cm³/mol. The molecular formula is C14H26N2S2. The lowest BCUT2D eigenvalue weighted by molar-refractivity contribution is 0.185. The van der Waals surface area contributed by atoms with Crippen LogP contribution in [-0.2, 0) is 0 Å². The van der Waals surface area contributed by atoms with Crippen molar-refractivity contribution in [2.24, 2.45) is 5.73 Å². The monoisotopic (exact) mass is 286 g/mol. The molecular weight excluding hydrogens is 260 g/mol. The van der Waals surface area contributed by atoms with Crippen LogP contribution in [0.2, 0.25) is 0 Å². The first-order chi connectivity index (χ1) is 8.51. The number of thioether (sulfide) groups is 1. The van der Waals surface area contributed by atoms with Crippen LogP contribution in [0.3, 0.4) is 0 Å². The van der Waals surface area contributed by atoms with Gasteiger partial charge >= 0.3 is 0 Å². The summed E-state index contributed by atoms with van der Waals surface area (Å²) in [6, 6.07) is 3.23. The molecule has 2 atom stereocenters. The number of aryl methyl sites for hydroxylation is 2. The molecule has 0 aromatic carbocycles. The normalized spacial score (nSPS) is 15.1. The Kier molecular flexibility index (Phi) is 6.71. The minimum absolute atomic E-state index is 0.354. The van der Waals surface area contributed by atoms with Crippen LogP contribution in [0.1, 0.15) is 34.7 Å². The Morgan fingerprint density at radius 2 is 2.11 bits per heavy atom. The Morgan fingerprint density at radius 1 is 1.44 bits per heavy atom. The lowest BCUT2D eigenvalue weighted by atomic mass is 10.0. The fraction of sp³-hybridized carbons (Fsp3) is 0.714. The molecule has 0 radical (unpaired) electrons. The number of likely N-dealkylation sites (N-methyl/N-ethyl adjacent to an activating group) is 1. The summed E-state index contributed by atoms with van der Waals surface area (Å²) >= 11 is 3.79. The van der Waals surface area contributed by atoms with Crippen LogP contribution in [0.4, 0.5) is 0 Å². The van der Waals surface area contributed by atoms with Gasteiger partial charge in [0.25, 0.3) is 0 Å². The van der Waals surface area contributed by atoms with Crippen molar-refractivity contribution in [2.45, 2.75) is 39.3 Å². The van der Waals surface area contributed by atoms with Crippen molar-refractivity contribution >= 4 is 23.1 Å². The molecule has 18 heavy (non-hydrogen) atoms. The number of hydrogen-bond donors (Lipinski definition) is 1. The lowest BCUT2D eigenvalue weighted by Gasteiger charge is -2.32. The molecule has 0 aliphatic rings. The molecule has 2 nitrogen and oxygen atoms in total. The van der Waals surface area contributed by atoms with Gasteiger partial charge in [0.2, 0.25) is 0 Å². The summed E-state index contributed by atoms with van der Waals surface area (Å²) in [5.41, 5.74) is 7.42. The quantitative estimate of drug-likeness (QED) is 0.832. The molecule has 0 bridgehead atoms. The molecule has 0 saturated carbocycles. The number of thiophene rings is 1. The first-order valence-corrected chi connectivity index (χ1v) is 8.70. The predicted octanol–water partition coefficient (Wildman–Crippen LogP) is 3.44. The maximum Gasteiger partial charge on any atom is 0.0481 e. The van der Waals surface area contributed by atoms with Crippen molar-refractivity contribution in [2.75, 3.05) is 25.6 Å². The Labute approximate surface area is 120 Å². The Bertz CT molecular complexity index is 363. The average molecular weight is 287 g/mol. The minimum Gasteiger partial charge on any atom is -0.329 e. The van der Waals surface area contributed by atoms with Crippen LogP contribution in [-0.4, -0.2) is 36.5 Å². The second kappa shape index (κ2) is 7.53. The van der Waals surface area contributed by atoms with Crippen molar-refractivity contribution in [1.29, 1.82) is 0 Å². The van der Waals surface area contributed by atoms with Crippen LogP contribution in [0, 0.1) is 13.8 Å². The lowest BCUT2D eigenvalue weighted by Crippen LogP contribution is -2.37. The molecule has 0 saturated heterocycles. The topological polar surface area (TPSA) is 29.3 Å². The smallest absolute Gasteiger partial charge is 0.0481 e. The van der Waals surface area contributed by atoms with E-state index < -0.39 is 0 Å². The van der Waals surface area contributed by atoms with Crippen LogP contribution in [0.15, 0.2) is 6.07 Å². The third-order valence-electron chi connectivity index (χ3n) is 3.59. The summed E-state index contributed by atoms with van der Waals surface area (Å²) in [5.74, 6) is 1.21. The summed E-state index contributed by atoms with van der Waals surface area (Å²) in [7, 11) is 2.20. The summed E-state index contributed by atoms with van der Waals surface area (Å²) in [6.07, 6.45) is 3.38. The van der Waals surface area contributed by atoms with Gasteiger partial charge in [0.15, 0.2) is 0 Å². The van der Waals surface area contributed by atoms with Gasteiger partial charge in [-0.25, -0.2) is 0 Å². The molecule has 2 N–H and O–H groups in total. The fourth-order valence-electron chi connectivity index (χ4n) is 2.29. The van der Waals surface area contributed by atoms with Crippen molar-refractivity contribution < 1.29 is 0 Å². The number of nitrogens with two attached hydrogens (primary N) is 1. The van der Waals surface area contributed by atoms with E-state index in [2.05, 4.69) is 45.0 Å². The van der Waals surface area contributed by atoms with Crippen LogP contribution >= 0.6 is 23.1 Å². The second-order valence-corrected chi connectivity index (χ2v) is 7.36. The van der Waals surface area contributed by atoms with E-state index >= 15 is 0 Å². The molecule has 4 heteroatoms. The third-order valence-corrected chi connectivity index (χ3v) is 5.21. The molecule has 2 unspecified atom stereocenters. The van der Waals surface area contributed by atoms with Gasteiger partial charge in [-0.05, 0) is 57.9 Å². The van der Waals surface area contributed by atoms with E-state index in [4.69, 9.17) is 5.73 Å². The first-order valence-electron chi connectivity index (χ1n) is 6.49. The van der Waals surface area contributed by atoms with E-state index in [1.54, 1.807) is 0 Å². The molecule has 0 spiro atoms. The highest BCUT2D eigenvalue weighted by atomic mass is 32.2. The van der Waals surface area contributed by atoms with Gasteiger partial charge in [0.1, 0.15) is 0 Å². The van der Waals surface area contributed by atoms with Gasteiger partial charge in [0, 0.05) is 28.4 Å². The van der Waals surface area contributed by atoms with Gasteiger partial charge in [-0.2, -0.15) is 11.8 Å². The van der Waals surface area contributed by atoms with E-state index in [1.807, 2.05) is 23.1 Å². The molecule has 0 amide bonds. The third kappa shape index (κ3) is 3.98. The van der Waals surface area contributed by atoms with Crippen molar-refractivity contribution in [3.63, 3.8) is 0 Å². The van der Waals surface area contributed by atoms with E-state index in [9.17, 15) is 0 Å².